The van der Waals surface area contributed by atoms with Crippen molar-refractivity contribution in [2.24, 2.45) is 0 Å². The molecular weight excluding hydrogens is 1030 g/mol. The third kappa shape index (κ3) is 9.38. The Morgan fingerprint density at radius 1 is 0.704 bits per heavy atom. The second kappa shape index (κ2) is 20.4. The largest absolute Gasteiger partial charge is 0.502 e. The second-order valence-corrected chi connectivity index (χ2v) is 20.3. The van der Waals surface area contributed by atoms with E-state index in [1.807, 2.05) is 97.1 Å². The number of pyridine rings is 1. The predicted molar refractivity (Wildman–Crippen MR) is 272 cm³/mol. The molecule has 1 amide bonds. The first-order chi connectivity index (χ1) is 34.2. The average molecular weight is 1070 g/mol. The molecule has 354 valence electrons. The van der Waals surface area contributed by atoms with Crippen molar-refractivity contribution < 1.29 is 32.7 Å². The number of hydrogen-bond acceptors (Lipinski definition) is 10. The number of aromatic nitrogens is 1. The molecule has 0 spiro atoms. The van der Waals surface area contributed by atoms with Crippen LogP contribution in [0.5, 0.6) is 5.75 Å². The molecule has 0 unspecified atom stereocenters. The summed E-state index contributed by atoms with van der Waals surface area (Å²) in [6.07, 6.45) is -3.45. The molecule has 7 aromatic rings. The zero-order valence-corrected chi connectivity index (χ0v) is 41.4. The number of benzene rings is 6. The second-order valence-electron chi connectivity index (χ2n) is 16.4. The third-order valence-electron chi connectivity index (χ3n) is 12.4. The molecule has 11 rings (SSSR count). The Bertz CT molecular complexity index is 3460. The van der Waals surface area contributed by atoms with Crippen LogP contribution in [0.2, 0.25) is 0 Å². The predicted octanol–water partition coefficient (Wildman–Crippen LogP) is 12.5. The van der Waals surface area contributed by atoms with E-state index in [2.05, 4.69) is 26.8 Å². The number of hydrogen-bond donors (Lipinski definition) is 1. The van der Waals surface area contributed by atoms with E-state index >= 15 is 0 Å². The molecule has 0 saturated carbocycles. The molecule has 2 atom stereocenters. The number of carbonyl (C=O) groups excluding carboxylic acids is 3. The number of ketones is 2. The first kappa shape index (κ1) is 49.0. The van der Waals surface area contributed by atoms with Crippen molar-refractivity contribution in [3.05, 3.63) is 227 Å². The molecular formula is C54H37BrF3N5O5S3. The molecule has 0 radical (unpaired) electrons. The fourth-order valence-corrected chi connectivity index (χ4v) is 12.8. The van der Waals surface area contributed by atoms with Crippen molar-refractivity contribution in [2.75, 3.05) is 11.7 Å². The fraction of sp³-hybridized carbons (Fsp3) is 0.148. The summed E-state index contributed by atoms with van der Waals surface area (Å²) in [5.74, 6) is 0.0979. The minimum absolute atomic E-state index is 0.0164. The summed E-state index contributed by atoms with van der Waals surface area (Å²) < 4.78 is 43.7. The number of nitrogens with zero attached hydrogens (tertiary/aromatic N) is 5. The molecule has 4 aliphatic heterocycles. The maximum atomic E-state index is 13.8. The van der Waals surface area contributed by atoms with Gasteiger partial charge in [-0.05, 0) is 77.2 Å². The Kier molecular flexibility index (Phi) is 14.1. The highest BCUT2D eigenvalue weighted by atomic mass is 79.9. The number of carbonyl (C=O) groups is 3. The van der Waals surface area contributed by atoms with Crippen LogP contribution in [0, 0.1) is 17.9 Å². The summed E-state index contributed by atoms with van der Waals surface area (Å²) in [6.45, 7) is 8.02. The Hall–Kier alpha value is -7.02. The highest BCUT2D eigenvalue weighted by Gasteiger charge is 2.48. The van der Waals surface area contributed by atoms with E-state index in [-0.39, 0.29) is 11.6 Å². The number of halogens is 4. The zero-order valence-electron chi connectivity index (χ0n) is 37.3. The SMILES string of the molecule is N#Cc1cccc2c1CSc1ccccc1C2=O.O=C1c2ccccc2SCc2c(Br)cccc21.[C-]#[N+]c1cccc2c1CSc1ccccc1[C@H]2N1CN([C@H](C)C(F)(F)F)C(=O)c2c(O)c(=O)ccn21. The topological polar surface area (TPSA) is 128 Å². The lowest BCUT2D eigenvalue weighted by Gasteiger charge is -2.46. The minimum Gasteiger partial charge on any atom is -0.502 e. The van der Waals surface area contributed by atoms with Crippen LogP contribution in [0.3, 0.4) is 0 Å². The number of amides is 1. The van der Waals surface area contributed by atoms with E-state index < -0.39 is 47.7 Å². The first-order valence-electron chi connectivity index (χ1n) is 21.8. The first-order valence-corrected chi connectivity index (χ1v) is 25.6. The lowest BCUT2D eigenvalue weighted by atomic mass is 9.93. The van der Waals surface area contributed by atoms with Gasteiger partial charge in [0.15, 0.2) is 28.7 Å². The Morgan fingerprint density at radius 3 is 1.89 bits per heavy atom. The quantitative estimate of drug-likeness (QED) is 0.167. The molecule has 0 aliphatic carbocycles. The van der Waals surface area contributed by atoms with Gasteiger partial charge in [0.2, 0.25) is 5.43 Å². The molecule has 17 heteroatoms. The summed E-state index contributed by atoms with van der Waals surface area (Å²) in [7, 11) is 0. The van der Waals surface area contributed by atoms with Crippen LogP contribution in [-0.2, 0) is 17.3 Å². The molecule has 1 N–H and O–H groups in total. The van der Waals surface area contributed by atoms with E-state index in [1.54, 1.807) is 53.9 Å². The molecule has 0 bridgehead atoms. The van der Waals surface area contributed by atoms with Crippen LogP contribution in [0.25, 0.3) is 4.85 Å². The normalized spacial score (nSPS) is 15.8. The minimum atomic E-state index is -4.74. The number of aromatic hydroxyl groups is 1. The number of alkyl halides is 3. The fourth-order valence-electron chi connectivity index (χ4n) is 8.75. The Morgan fingerprint density at radius 2 is 1.24 bits per heavy atom. The molecule has 71 heavy (non-hydrogen) atoms. The van der Waals surface area contributed by atoms with Crippen molar-refractivity contribution >= 4 is 74.4 Å². The van der Waals surface area contributed by atoms with Gasteiger partial charge in [0, 0.05) is 70.9 Å². The average Bonchev–Trinajstić information content (AvgIpc) is 3.72. The zero-order chi connectivity index (χ0) is 50.1. The van der Waals surface area contributed by atoms with Crippen molar-refractivity contribution in [2.45, 2.75) is 57.1 Å². The van der Waals surface area contributed by atoms with E-state index in [9.17, 15) is 37.5 Å². The summed E-state index contributed by atoms with van der Waals surface area (Å²) in [6, 6.07) is 39.5. The molecule has 10 nitrogen and oxygen atoms in total. The summed E-state index contributed by atoms with van der Waals surface area (Å²) in [4.78, 5) is 57.5. The van der Waals surface area contributed by atoms with Crippen LogP contribution in [-0.4, -0.2) is 51.0 Å². The van der Waals surface area contributed by atoms with Gasteiger partial charge < -0.3 is 10.0 Å². The highest BCUT2D eigenvalue weighted by molar-refractivity contribution is 9.10. The van der Waals surface area contributed by atoms with E-state index in [4.69, 9.17) is 11.8 Å². The summed E-state index contributed by atoms with van der Waals surface area (Å²) in [5, 5.41) is 21.2. The maximum absolute atomic E-state index is 13.8. The number of nitriles is 1. The smallest absolute Gasteiger partial charge is 0.408 e. The van der Waals surface area contributed by atoms with Crippen LogP contribution < -0.4 is 10.4 Å². The van der Waals surface area contributed by atoms with Crippen molar-refractivity contribution in [3.8, 4) is 11.8 Å². The van der Waals surface area contributed by atoms with E-state index in [1.165, 1.54) is 27.6 Å². The van der Waals surface area contributed by atoms with Gasteiger partial charge in [0.05, 0.1) is 24.2 Å². The standard InChI is InChI=1S/C25H19F3N4O3S.C15H9NOS.C14H9BrOS/c1-14(25(26,27)28)30-13-32(31-11-10-19(33)23(34)22(31)24(30)35)21-15-7-5-8-18(29-2)17(15)12-36-20-9-4-3-6-16(20)21;16-8-10-4-3-6-11-13(10)9-18-14-7-2-1-5-12(14)15(11)17;15-12-6-3-5-9-11(12)8-17-13-7-2-1-4-10(13)14(9)16/h3-11,14,21,34H,12-13H2,1H3;1-7H,9H2;1-7H,8H2/t14-,21+;;/m1../s1. The number of fused-ring (bicyclic) bond motifs is 7. The lowest BCUT2D eigenvalue weighted by molar-refractivity contribution is -0.173. The van der Waals surface area contributed by atoms with Crippen LogP contribution in [0.4, 0.5) is 18.9 Å². The van der Waals surface area contributed by atoms with E-state index in [0.717, 1.165) is 76.8 Å². The van der Waals surface area contributed by atoms with Crippen molar-refractivity contribution in [1.29, 1.82) is 5.26 Å². The monoisotopic (exact) mass is 1070 g/mol. The van der Waals surface area contributed by atoms with Crippen LogP contribution >= 0.6 is 51.2 Å². The van der Waals surface area contributed by atoms with Crippen LogP contribution in [0.15, 0.2) is 164 Å². The van der Waals surface area contributed by atoms with Crippen molar-refractivity contribution in [3.63, 3.8) is 0 Å². The van der Waals surface area contributed by atoms with Crippen molar-refractivity contribution in [1.82, 2.24) is 9.58 Å². The summed E-state index contributed by atoms with van der Waals surface area (Å²) >= 11 is 8.37. The van der Waals surface area contributed by atoms with Gasteiger partial charge in [-0.15, -0.1) is 35.3 Å². The Labute approximate surface area is 427 Å². The molecule has 1 aromatic heterocycles. The number of rotatable bonds is 2. The molecule has 4 aliphatic rings. The van der Waals surface area contributed by atoms with Crippen LogP contribution in [0.1, 0.15) is 88.7 Å². The van der Waals surface area contributed by atoms with Gasteiger partial charge in [-0.3, -0.25) is 28.9 Å². The lowest BCUT2D eigenvalue weighted by Crippen LogP contribution is -2.60. The van der Waals surface area contributed by atoms with E-state index in [0.29, 0.717) is 38.8 Å². The van der Waals surface area contributed by atoms with Gasteiger partial charge in [0.25, 0.3) is 5.91 Å². The molecule has 0 saturated heterocycles. The third-order valence-corrected chi connectivity index (χ3v) is 16.5. The number of thioether (sulfide) groups is 3. The molecule has 0 fully saturated rings. The van der Waals surface area contributed by atoms with Gasteiger partial charge in [-0.1, -0.05) is 101 Å². The summed E-state index contributed by atoms with van der Waals surface area (Å²) in [5.41, 5.74) is 6.78. The Balaban J connectivity index is 0.000000148. The van der Waals surface area contributed by atoms with Gasteiger partial charge in [0.1, 0.15) is 12.7 Å². The highest BCUT2D eigenvalue weighted by Crippen LogP contribution is 2.46. The van der Waals surface area contributed by atoms with Gasteiger partial charge >= 0.3 is 6.18 Å². The molecule has 6 aromatic carbocycles. The van der Waals surface area contributed by atoms with Gasteiger partial charge in [-0.2, -0.15) is 18.4 Å². The molecule has 5 heterocycles. The van der Waals surface area contributed by atoms with Gasteiger partial charge in [-0.25, -0.2) is 4.85 Å². The maximum Gasteiger partial charge on any atom is 0.408 e.